The Hall–Kier alpha value is -1.96. The van der Waals surface area contributed by atoms with Crippen LogP contribution in [0.15, 0.2) is 24.3 Å². The molecule has 134 valence electrons. The summed E-state index contributed by atoms with van der Waals surface area (Å²) in [5.41, 5.74) is -0.401. The van der Waals surface area contributed by atoms with Crippen LogP contribution in [-0.4, -0.2) is 42.6 Å². The SMILES string of the molecule is CC(C)(C)OC(=O)N1CCNCC1c1ccccc1OC(F)(F)F. The molecule has 24 heavy (non-hydrogen) atoms. The molecule has 1 atom stereocenters. The Kier molecular flexibility index (Phi) is 5.27. The van der Waals surface area contributed by atoms with Gasteiger partial charge in [0.1, 0.15) is 11.4 Å². The molecule has 0 aromatic heterocycles. The Morgan fingerprint density at radius 3 is 2.54 bits per heavy atom. The summed E-state index contributed by atoms with van der Waals surface area (Å²) in [5.74, 6) is -0.313. The van der Waals surface area contributed by atoms with E-state index in [2.05, 4.69) is 10.1 Å². The van der Waals surface area contributed by atoms with E-state index in [0.29, 0.717) is 19.6 Å². The van der Waals surface area contributed by atoms with E-state index in [0.717, 1.165) is 0 Å². The molecule has 0 bridgehead atoms. The maximum absolute atomic E-state index is 12.6. The molecule has 1 aromatic rings. The lowest BCUT2D eigenvalue weighted by Gasteiger charge is -2.37. The third-order valence-corrected chi connectivity index (χ3v) is 3.38. The van der Waals surface area contributed by atoms with E-state index >= 15 is 0 Å². The molecule has 1 aromatic carbocycles. The topological polar surface area (TPSA) is 50.8 Å². The Balaban J connectivity index is 2.29. The maximum Gasteiger partial charge on any atom is 0.573 e. The van der Waals surface area contributed by atoms with Crippen LogP contribution in [0, 0.1) is 0 Å². The average molecular weight is 346 g/mol. The minimum Gasteiger partial charge on any atom is -0.444 e. The number of carbonyl (C=O) groups excluding carboxylic acids is 1. The van der Waals surface area contributed by atoms with Crippen molar-refractivity contribution in [2.75, 3.05) is 19.6 Å². The fourth-order valence-corrected chi connectivity index (χ4v) is 2.49. The lowest BCUT2D eigenvalue weighted by molar-refractivity contribution is -0.275. The number of nitrogens with one attached hydrogen (secondary N) is 1. The molecular weight excluding hydrogens is 325 g/mol. The molecule has 0 saturated carbocycles. The third kappa shape index (κ3) is 5.02. The van der Waals surface area contributed by atoms with Crippen LogP contribution in [0.4, 0.5) is 18.0 Å². The first-order valence-corrected chi connectivity index (χ1v) is 7.62. The van der Waals surface area contributed by atoms with Crippen molar-refractivity contribution in [1.29, 1.82) is 0 Å². The van der Waals surface area contributed by atoms with Crippen molar-refractivity contribution in [3.8, 4) is 5.75 Å². The Labute approximate surface area is 138 Å². The third-order valence-electron chi connectivity index (χ3n) is 3.38. The van der Waals surface area contributed by atoms with Gasteiger partial charge in [-0.3, -0.25) is 4.90 Å². The molecule has 2 rings (SSSR count). The monoisotopic (exact) mass is 346 g/mol. The molecule has 1 fully saturated rings. The summed E-state index contributed by atoms with van der Waals surface area (Å²) in [6.45, 7) is 6.41. The molecule has 1 aliphatic heterocycles. The van der Waals surface area contributed by atoms with Crippen LogP contribution in [-0.2, 0) is 4.74 Å². The number of ether oxygens (including phenoxy) is 2. The zero-order valence-corrected chi connectivity index (χ0v) is 13.8. The number of halogens is 3. The highest BCUT2D eigenvalue weighted by Gasteiger charge is 2.36. The van der Waals surface area contributed by atoms with Crippen molar-refractivity contribution < 1.29 is 27.4 Å². The standard InChI is InChI=1S/C16H21F3N2O3/c1-15(2,3)24-14(22)21-9-8-20-10-12(21)11-6-4-5-7-13(11)23-16(17,18)19/h4-7,12,20H,8-10H2,1-3H3. The number of carbonyl (C=O) groups is 1. The highest BCUT2D eigenvalue weighted by atomic mass is 19.4. The fourth-order valence-electron chi connectivity index (χ4n) is 2.49. The van der Waals surface area contributed by atoms with E-state index < -0.39 is 24.1 Å². The quantitative estimate of drug-likeness (QED) is 0.891. The Morgan fingerprint density at radius 2 is 1.92 bits per heavy atom. The van der Waals surface area contributed by atoms with Crippen LogP contribution in [0.3, 0.4) is 0 Å². The number of piperazine rings is 1. The van der Waals surface area contributed by atoms with Gasteiger partial charge in [-0.15, -0.1) is 13.2 Å². The summed E-state index contributed by atoms with van der Waals surface area (Å²) in [5, 5.41) is 3.08. The Morgan fingerprint density at radius 1 is 1.25 bits per heavy atom. The lowest BCUT2D eigenvalue weighted by Crippen LogP contribution is -2.50. The number of nitrogens with zero attached hydrogens (tertiary/aromatic N) is 1. The number of para-hydroxylation sites is 1. The van der Waals surface area contributed by atoms with E-state index in [1.54, 1.807) is 26.8 Å². The first-order valence-electron chi connectivity index (χ1n) is 7.62. The fraction of sp³-hybridized carbons (Fsp3) is 0.562. The summed E-state index contributed by atoms with van der Waals surface area (Å²) in [4.78, 5) is 13.8. The van der Waals surface area contributed by atoms with Gasteiger partial charge in [0, 0.05) is 25.2 Å². The zero-order valence-electron chi connectivity index (χ0n) is 13.8. The van der Waals surface area contributed by atoms with E-state index in [-0.39, 0.29) is 11.3 Å². The molecule has 1 amide bonds. The summed E-state index contributed by atoms with van der Waals surface area (Å²) in [6, 6.07) is 5.23. The molecule has 0 spiro atoms. The van der Waals surface area contributed by atoms with Crippen LogP contribution in [0.2, 0.25) is 0 Å². The number of hydrogen-bond donors (Lipinski definition) is 1. The van der Waals surface area contributed by atoms with Crippen molar-refractivity contribution in [2.24, 2.45) is 0 Å². The smallest absolute Gasteiger partial charge is 0.444 e. The summed E-state index contributed by atoms with van der Waals surface area (Å²) in [7, 11) is 0. The Bertz CT molecular complexity index is 585. The predicted octanol–water partition coefficient (Wildman–Crippen LogP) is 3.47. The molecular formula is C16H21F3N2O3. The van der Waals surface area contributed by atoms with Gasteiger partial charge in [0.05, 0.1) is 6.04 Å². The molecule has 0 radical (unpaired) electrons. The minimum atomic E-state index is -4.80. The molecule has 0 aliphatic carbocycles. The van der Waals surface area contributed by atoms with Gasteiger partial charge in [-0.05, 0) is 26.8 Å². The van der Waals surface area contributed by atoms with Crippen LogP contribution < -0.4 is 10.1 Å². The first-order chi connectivity index (χ1) is 11.1. The van der Waals surface area contributed by atoms with Gasteiger partial charge >= 0.3 is 12.5 Å². The highest BCUT2D eigenvalue weighted by Crippen LogP contribution is 2.34. The highest BCUT2D eigenvalue weighted by molar-refractivity contribution is 5.69. The van der Waals surface area contributed by atoms with Crippen LogP contribution in [0.5, 0.6) is 5.75 Å². The van der Waals surface area contributed by atoms with Gasteiger partial charge in [0.25, 0.3) is 0 Å². The van der Waals surface area contributed by atoms with Crippen molar-refractivity contribution in [2.45, 2.75) is 38.8 Å². The lowest BCUT2D eigenvalue weighted by atomic mass is 10.0. The minimum absolute atomic E-state index is 0.285. The second kappa shape index (κ2) is 6.88. The van der Waals surface area contributed by atoms with Crippen LogP contribution in [0.1, 0.15) is 32.4 Å². The maximum atomic E-state index is 12.6. The van der Waals surface area contributed by atoms with E-state index in [4.69, 9.17) is 4.74 Å². The second-order valence-corrected chi connectivity index (χ2v) is 6.48. The largest absolute Gasteiger partial charge is 0.573 e. The van der Waals surface area contributed by atoms with E-state index in [1.807, 2.05) is 0 Å². The van der Waals surface area contributed by atoms with Gasteiger partial charge < -0.3 is 14.8 Å². The van der Waals surface area contributed by atoms with Gasteiger partial charge in [-0.25, -0.2) is 4.79 Å². The number of benzene rings is 1. The second-order valence-electron chi connectivity index (χ2n) is 6.48. The molecule has 8 heteroatoms. The van der Waals surface area contributed by atoms with Crippen molar-refractivity contribution in [3.63, 3.8) is 0 Å². The summed E-state index contributed by atoms with van der Waals surface area (Å²) in [6.07, 6.45) is -5.36. The molecule has 1 saturated heterocycles. The van der Waals surface area contributed by atoms with Crippen molar-refractivity contribution in [1.82, 2.24) is 10.2 Å². The van der Waals surface area contributed by atoms with E-state index in [9.17, 15) is 18.0 Å². The molecule has 1 N–H and O–H groups in total. The number of amides is 1. The van der Waals surface area contributed by atoms with Gasteiger partial charge in [0.2, 0.25) is 0 Å². The number of hydrogen-bond acceptors (Lipinski definition) is 4. The van der Waals surface area contributed by atoms with Gasteiger partial charge in [-0.2, -0.15) is 0 Å². The molecule has 1 aliphatic rings. The van der Waals surface area contributed by atoms with Gasteiger partial charge in [-0.1, -0.05) is 18.2 Å². The first kappa shape index (κ1) is 18.4. The van der Waals surface area contributed by atoms with Crippen LogP contribution in [0.25, 0.3) is 0 Å². The number of alkyl halides is 3. The molecule has 1 heterocycles. The predicted molar refractivity (Wildman–Crippen MR) is 81.7 cm³/mol. The van der Waals surface area contributed by atoms with E-state index in [1.165, 1.54) is 23.1 Å². The van der Waals surface area contributed by atoms with Gasteiger partial charge in [0.15, 0.2) is 0 Å². The zero-order chi connectivity index (χ0) is 18.0. The normalized spacial score (nSPS) is 19.1. The molecule has 5 nitrogen and oxygen atoms in total. The number of rotatable bonds is 2. The summed E-state index contributed by atoms with van der Waals surface area (Å²) >= 11 is 0. The molecule has 1 unspecified atom stereocenters. The van der Waals surface area contributed by atoms with Crippen LogP contribution >= 0.6 is 0 Å². The average Bonchev–Trinajstić information content (AvgIpc) is 2.44. The van der Waals surface area contributed by atoms with Crippen molar-refractivity contribution in [3.05, 3.63) is 29.8 Å². The summed E-state index contributed by atoms with van der Waals surface area (Å²) < 4.78 is 47.3. The van der Waals surface area contributed by atoms with Crippen molar-refractivity contribution >= 4 is 6.09 Å².